The number of nitrogens with two attached hydrogens (primary N) is 1. The second-order valence-corrected chi connectivity index (χ2v) is 10.4. The Morgan fingerprint density at radius 1 is 1.06 bits per heavy atom. The Hall–Kier alpha value is -1.50. The highest BCUT2D eigenvalue weighted by Crippen LogP contribution is 2.64. The van der Waals surface area contributed by atoms with Crippen LogP contribution < -0.4 is 5.73 Å². The molecular weight excluding hydrogens is 404 g/mol. The van der Waals surface area contributed by atoms with E-state index in [1.807, 2.05) is 6.92 Å². The van der Waals surface area contributed by atoms with Gasteiger partial charge in [0.2, 0.25) is 0 Å². The number of hydrogen-bond acceptors (Lipinski definition) is 5. The lowest BCUT2D eigenvalue weighted by atomic mass is 9.49. The first kappa shape index (κ1) is 24.1. The Morgan fingerprint density at radius 3 is 2.35 bits per heavy atom. The molecule has 0 saturated heterocycles. The van der Waals surface area contributed by atoms with Crippen molar-refractivity contribution in [1.82, 2.24) is 0 Å². The summed E-state index contributed by atoms with van der Waals surface area (Å²) >= 11 is 0. The number of allylic oxidation sites excluding steroid dienone is 1. The van der Waals surface area contributed by atoms with E-state index in [1.54, 1.807) is 0 Å². The number of carbonyl (C=O) groups is 2. The van der Waals surface area contributed by atoms with Crippen LogP contribution in [0, 0.1) is 34.5 Å². The largest absolute Gasteiger partial charge is 0.466 e. The zero-order chi connectivity index (χ0) is 23.0. The lowest BCUT2D eigenvalue weighted by Gasteiger charge is -2.56. The molecule has 7 atom stereocenters. The minimum atomic E-state index is -1.51. The third-order valence-corrected chi connectivity index (χ3v) is 8.87. The number of halogens is 2. The highest BCUT2D eigenvalue weighted by atomic mass is 19.3. The Balaban J connectivity index is 1.88. The van der Waals surface area contributed by atoms with E-state index in [9.17, 15) is 18.4 Å². The number of hydrogen-bond donors (Lipinski definition) is 1. The van der Waals surface area contributed by atoms with Crippen molar-refractivity contribution in [2.75, 3.05) is 13.2 Å². The van der Waals surface area contributed by atoms with Crippen molar-refractivity contribution in [1.29, 1.82) is 0 Å². The molecule has 0 heterocycles. The smallest absolute Gasteiger partial charge is 0.302 e. The summed E-state index contributed by atoms with van der Waals surface area (Å²) in [6, 6.07) is 0. The molecule has 0 spiro atoms. The maximum absolute atomic E-state index is 13.7. The van der Waals surface area contributed by atoms with Crippen LogP contribution in [-0.2, 0) is 19.1 Å². The third-order valence-electron chi connectivity index (χ3n) is 8.87. The molecule has 31 heavy (non-hydrogen) atoms. The fraction of sp³-hybridized carbons (Fsp3) is 0.833. The molecule has 5 nitrogen and oxygen atoms in total. The van der Waals surface area contributed by atoms with Gasteiger partial charge in [0, 0.05) is 25.3 Å². The highest BCUT2D eigenvalue weighted by Gasteiger charge is 2.58. The van der Waals surface area contributed by atoms with Gasteiger partial charge in [0.15, 0.2) is 0 Å². The van der Waals surface area contributed by atoms with Gasteiger partial charge in [-0.15, -0.1) is 0 Å². The van der Waals surface area contributed by atoms with E-state index >= 15 is 0 Å². The first-order chi connectivity index (χ1) is 14.5. The number of fused-ring (bicyclic) bond motifs is 1. The highest BCUT2D eigenvalue weighted by molar-refractivity contribution is 5.66. The van der Waals surface area contributed by atoms with Crippen LogP contribution in [0.4, 0.5) is 8.78 Å². The minimum absolute atomic E-state index is 0.0345. The van der Waals surface area contributed by atoms with Crippen molar-refractivity contribution >= 4 is 11.9 Å². The number of carbonyl (C=O) groups excluding carboxylic acids is 2. The fourth-order valence-corrected chi connectivity index (χ4v) is 7.24. The summed E-state index contributed by atoms with van der Waals surface area (Å²) in [6.07, 6.45) is 3.30. The summed E-state index contributed by atoms with van der Waals surface area (Å²) < 4.78 is 38.2. The summed E-state index contributed by atoms with van der Waals surface area (Å²) in [4.78, 5) is 23.0. The normalized spacial score (nSPS) is 40.2. The van der Waals surface area contributed by atoms with Crippen molar-refractivity contribution in [2.45, 2.75) is 78.7 Å². The van der Waals surface area contributed by atoms with Gasteiger partial charge in [-0.05, 0) is 80.1 Å². The van der Waals surface area contributed by atoms with Crippen LogP contribution in [0.3, 0.4) is 0 Å². The van der Waals surface area contributed by atoms with Crippen LogP contribution in [0.1, 0.15) is 72.6 Å². The van der Waals surface area contributed by atoms with Crippen molar-refractivity contribution < 1.29 is 27.8 Å². The molecule has 7 heteroatoms. The molecule has 2 N–H and O–H groups in total. The topological polar surface area (TPSA) is 78.6 Å². The van der Waals surface area contributed by atoms with Crippen LogP contribution in [0.25, 0.3) is 0 Å². The van der Waals surface area contributed by atoms with E-state index in [-0.39, 0.29) is 53.7 Å². The molecule has 0 aromatic rings. The predicted octanol–water partition coefficient (Wildman–Crippen LogP) is 4.84. The van der Waals surface area contributed by atoms with Crippen LogP contribution in [0.2, 0.25) is 0 Å². The molecule has 176 valence electrons. The van der Waals surface area contributed by atoms with E-state index in [4.69, 9.17) is 15.2 Å². The maximum Gasteiger partial charge on any atom is 0.302 e. The van der Waals surface area contributed by atoms with Crippen LogP contribution in [0.5, 0.6) is 0 Å². The molecule has 3 aliphatic carbocycles. The van der Waals surface area contributed by atoms with Gasteiger partial charge in [-0.2, -0.15) is 8.78 Å². The van der Waals surface area contributed by atoms with Gasteiger partial charge in [-0.3, -0.25) is 9.59 Å². The average Bonchev–Trinajstić information content (AvgIpc) is 3.04. The first-order valence-corrected chi connectivity index (χ1v) is 11.6. The van der Waals surface area contributed by atoms with Crippen molar-refractivity contribution in [3.05, 3.63) is 11.7 Å². The van der Waals surface area contributed by atoms with E-state index in [0.717, 1.165) is 32.1 Å². The molecular formula is C24H37F2NO4. The lowest BCUT2D eigenvalue weighted by molar-refractivity contribution is -0.161. The van der Waals surface area contributed by atoms with Gasteiger partial charge < -0.3 is 15.2 Å². The average molecular weight is 442 g/mol. The minimum Gasteiger partial charge on any atom is -0.466 e. The molecule has 0 radical (unpaired) electrons. The van der Waals surface area contributed by atoms with Gasteiger partial charge in [0.25, 0.3) is 6.08 Å². The molecule has 3 fully saturated rings. The van der Waals surface area contributed by atoms with Crippen LogP contribution in [0.15, 0.2) is 11.7 Å². The second-order valence-electron chi connectivity index (χ2n) is 10.4. The monoisotopic (exact) mass is 441 g/mol. The standard InChI is InChI=1S/C24H37F2NO4/c1-14(28)30-13-16-11-17(31-15(2)29)7-9-23(16,3)20-8-10-24(4)19(18(20)12-27)5-6-21(24)22(25)26/h16-20H,5-13,27H2,1-4H3. The fourth-order valence-electron chi connectivity index (χ4n) is 7.24. The van der Waals surface area contributed by atoms with Crippen LogP contribution >= 0.6 is 0 Å². The van der Waals surface area contributed by atoms with E-state index in [1.165, 1.54) is 13.8 Å². The Morgan fingerprint density at radius 2 is 1.77 bits per heavy atom. The molecule has 0 amide bonds. The summed E-state index contributed by atoms with van der Waals surface area (Å²) in [5.41, 5.74) is 6.00. The number of rotatable bonds is 5. The summed E-state index contributed by atoms with van der Waals surface area (Å²) in [5.74, 6) is -0.0429. The van der Waals surface area contributed by atoms with Gasteiger partial charge in [0.05, 0.1) is 6.61 Å². The second kappa shape index (κ2) is 9.16. The molecule has 0 aromatic heterocycles. The zero-order valence-corrected chi connectivity index (χ0v) is 19.2. The summed E-state index contributed by atoms with van der Waals surface area (Å²) in [7, 11) is 0. The zero-order valence-electron chi connectivity index (χ0n) is 19.2. The molecule has 3 saturated carbocycles. The molecule has 0 aliphatic heterocycles. The number of esters is 2. The van der Waals surface area contributed by atoms with Crippen molar-refractivity contribution in [3.8, 4) is 0 Å². The van der Waals surface area contributed by atoms with Gasteiger partial charge in [-0.25, -0.2) is 0 Å². The quantitative estimate of drug-likeness (QED) is 0.618. The number of ether oxygens (including phenoxy) is 2. The predicted molar refractivity (Wildman–Crippen MR) is 113 cm³/mol. The SMILES string of the molecule is CC(=O)OCC1CC(OC(C)=O)CCC1(C)C1CCC2(C)C(=C(F)F)CCC2C1CN. The third kappa shape index (κ3) is 4.53. The van der Waals surface area contributed by atoms with E-state index in [0.29, 0.717) is 25.0 Å². The summed E-state index contributed by atoms with van der Waals surface area (Å²) in [6.45, 7) is 7.79. The molecule has 3 rings (SSSR count). The van der Waals surface area contributed by atoms with Gasteiger partial charge in [0.1, 0.15) is 6.10 Å². The molecule has 0 bridgehead atoms. The Kier molecular flexibility index (Phi) is 7.14. The lowest BCUT2D eigenvalue weighted by Crippen LogP contribution is -2.53. The molecule has 0 aromatic carbocycles. The molecule has 7 unspecified atom stereocenters. The van der Waals surface area contributed by atoms with E-state index < -0.39 is 11.5 Å². The summed E-state index contributed by atoms with van der Waals surface area (Å²) in [5, 5.41) is 0. The maximum atomic E-state index is 13.7. The van der Waals surface area contributed by atoms with Gasteiger partial charge in [-0.1, -0.05) is 13.8 Å². The Labute approximate surface area is 184 Å². The molecule has 3 aliphatic rings. The van der Waals surface area contributed by atoms with E-state index in [2.05, 4.69) is 6.92 Å². The van der Waals surface area contributed by atoms with Crippen LogP contribution in [-0.4, -0.2) is 31.2 Å². The van der Waals surface area contributed by atoms with Crippen molar-refractivity contribution in [2.24, 2.45) is 40.2 Å². The van der Waals surface area contributed by atoms with Crippen molar-refractivity contribution in [3.63, 3.8) is 0 Å². The first-order valence-electron chi connectivity index (χ1n) is 11.6. The Bertz CT molecular complexity index is 737. The van der Waals surface area contributed by atoms with Gasteiger partial charge >= 0.3 is 11.9 Å².